The number of carbonyl (C=O) groups is 3. The van der Waals surface area contributed by atoms with Crippen molar-refractivity contribution in [3.63, 3.8) is 0 Å². The van der Waals surface area contributed by atoms with E-state index in [2.05, 4.69) is 5.32 Å². The molecule has 1 heterocycles. The molecule has 4 N–H and O–H groups in total. The van der Waals surface area contributed by atoms with Crippen LogP contribution in [0.5, 0.6) is 0 Å². The zero-order valence-corrected chi connectivity index (χ0v) is 32.9. The van der Waals surface area contributed by atoms with Crippen LogP contribution < -0.4 is 5.32 Å². The Labute approximate surface area is 318 Å². The molecule has 54 heavy (non-hydrogen) atoms. The molecule has 11 atom stereocenters. The van der Waals surface area contributed by atoms with Gasteiger partial charge in [-0.2, -0.15) is 0 Å². The quantitative estimate of drug-likeness (QED) is 0.198. The van der Waals surface area contributed by atoms with Crippen molar-refractivity contribution in [2.45, 2.75) is 130 Å². The minimum atomic E-state index is -1.68. The number of benzene rings is 2. The normalized spacial score (nSPS) is 35.6. The number of ketones is 1. The molecule has 1 amide bonds. The lowest BCUT2D eigenvalue weighted by atomic mass is 9.40. The Hall–Kier alpha value is -3.61. The number of alkyl carbamates (subject to hydrolysis) is 1. The Morgan fingerprint density at radius 2 is 1.61 bits per heavy atom. The van der Waals surface area contributed by atoms with Crippen LogP contribution in [-0.2, 0) is 35.1 Å². The average molecular weight is 748 g/mol. The van der Waals surface area contributed by atoms with Crippen LogP contribution in [0.15, 0.2) is 71.8 Å². The van der Waals surface area contributed by atoms with Gasteiger partial charge in [0.05, 0.1) is 42.5 Å². The van der Waals surface area contributed by atoms with Crippen molar-refractivity contribution < 1.29 is 48.7 Å². The van der Waals surface area contributed by atoms with Crippen molar-refractivity contribution in [3.8, 4) is 0 Å². The molecule has 6 rings (SSSR count). The minimum Gasteiger partial charge on any atom is -0.456 e. The maximum absolute atomic E-state index is 14.7. The molecule has 4 aliphatic rings. The van der Waals surface area contributed by atoms with Crippen LogP contribution in [0, 0.1) is 28.1 Å². The first kappa shape index (κ1) is 40.1. The number of rotatable bonds is 8. The first-order chi connectivity index (χ1) is 25.2. The summed E-state index contributed by atoms with van der Waals surface area (Å²) in [4.78, 5) is 42.6. The van der Waals surface area contributed by atoms with Crippen molar-refractivity contribution in [1.82, 2.24) is 5.32 Å². The number of carbonyl (C=O) groups excluding carboxylic acids is 3. The smallest absolute Gasteiger partial charge is 0.408 e. The van der Waals surface area contributed by atoms with Gasteiger partial charge in [-0.15, -0.1) is 0 Å². The van der Waals surface area contributed by atoms with Crippen molar-refractivity contribution in [1.29, 1.82) is 0 Å². The Balaban J connectivity index is 1.41. The van der Waals surface area contributed by atoms with E-state index in [4.69, 9.17) is 18.9 Å². The van der Waals surface area contributed by atoms with Gasteiger partial charge in [0, 0.05) is 23.7 Å². The third-order valence-corrected chi connectivity index (χ3v) is 13.2. The number of amides is 1. The van der Waals surface area contributed by atoms with Crippen molar-refractivity contribution >= 4 is 17.8 Å². The number of hydrogen-bond donors (Lipinski definition) is 4. The summed E-state index contributed by atoms with van der Waals surface area (Å²) in [6.07, 6.45) is -6.11. The summed E-state index contributed by atoms with van der Waals surface area (Å²) in [7, 11) is 0. The van der Waals surface area contributed by atoms with E-state index in [1.165, 1.54) is 0 Å². The van der Waals surface area contributed by atoms with Crippen molar-refractivity contribution in [2.75, 3.05) is 6.61 Å². The SMILES string of the molecule is CC1=C2[C@@H](O)C(=O)[C@@]3(C)C([C@H](C)[C@](O)(C[C@@H]1OC(=O)[C@H](OCc1ccccc1)[C@@H](NC(=O)OC(C)(C)C)c1ccccc1)C2(C)C)[C@]1(C)CO[C@@H]1C[C@@H]3O. The highest BCUT2D eigenvalue weighted by Crippen LogP contribution is 2.66. The molecule has 1 unspecified atom stereocenters. The van der Waals surface area contributed by atoms with E-state index >= 15 is 0 Å². The van der Waals surface area contributed by atoms with E-state index in [1.54, 1.807) is 58.9 Å². The first-order valence-corrected chi connectivity index (χ1v) is 19.0. The third kappa shape index (κ3) is 6.59. The summed E-state index contributed by atoms with van der Waals surface area (Å²) in [5, 5.41) is 39.6. The summed E-state index contributed by atoms with van der Waals surface area (Å²) in [6.45, 7) is 16.6. The zero-order chi connectivity index (χ0) is 39.6. The van der Waals surface area contributed by atoms with Gasteiger partial charge >= 0.3 is 12.1 Å². The van der Waals surface area contributed by atoms with Crippen LogP contribution in [0.2, 0.25) is 0 Å². The molecule has 0 spiro atoms. The number of fused-ring (bicyclic) bond motifs is 5. The fourth-order valence-corrected chi connectivity index (χ4v) is 10.3. The lowest BCUT2D eigenvalue weighted by Gasteiger charge is -2.68. The second kappa shape index (κ2) is 14.2. The Bertz CT molecular complexity index is 1770. The standard InChI is InChI=1S/C43H57NO10/c1-24-28(21-43(50)25(2)35-41(8)23-52-30(41)20-29(45)42(35,9)36(47)33(46)31(24)40(43,6)7)53-37(48)34(51-22-26-16-12-10-13-17-26)32(27-18-14-11-15-19-27)44-38(49)54-39(3,4)5/h10-19,25,28-30,32-35,45-46,50H,20-23H2,1-9H3,(H,44,49)/t25-,28-,29-,30+,32-,33+,34+,35?,41+,42+,43+/m0/s1. The topological polar surface area (TPSA) is 161 Å². The van der Waals surface area contributed by atoms with Crippen LogP contribution in [0.3, 0.4) is 0 Å². The second-order valence-corrected chi connectivity index (χ2v) is 17.9. The summed E-state index contributed by atoms with van der Waals surface area (Å²) in [6, 6.07) is 17.2. The molecule has 11 heteroatoms. The largest absolute Gasteiger partial charge is 0.456 e. The molecule has 2 bridgehead atoms. The maximum Gasteiger partial charge on any atom is 0.408 e. The van der Waals surface area contributed by atoms with Crippen LogP contribution in [0.25, 0.3) is 0 Å². The molecule has 2 aromatic rings. The van der Waals surface area contributed by atoms with E-state index in [9.17, 15) is 29.7 Å². The molecule has 1 aliphatic heterocycles. The number of esters is 1. The molecule has 3 fully saturated rings. The molecule has 0 radical (unpaired) electrons. The number of nitrogens with one attached hydrogen (secondary N) is 1. The molecule has 2 saturated carbocycles. The van der Waals surface area contributed by atoms with E-state index < -0.39 is 87.6 Å². The van der Waals surface area contributed by atoms with Crippen LogP contribution >= 0.6 is 0 Å². The average Bonchev–Trinajstić information content (AvgIpc) is 3.10. The molecule has 294 valence electrons. The highest BCUT2D eigenvalue weighted by molar-refractivity contribution is 5.93. The number of hydrogen-bond acceptors (Lipinski definition) is 10. The van der Waals surface area contributed by atoms with Crippen LogP contribution in [0.4, 0.5) is 4.79 Å². The van der Waals surface area contributed by atoms with Gasteiger partial charge in [-0.3, -0.25) is 4.79 Å². The number of Topliss-reactive ketones (excluding diaryl/α,β-unsaturated/α-hetero) is 1. The Morgan fingerprint density at radius 3 is 2.19 bits per heavy atom. The minimum absolute atomic E-state index is 0.0102. The number of aliphatic hydroxyl groups is 3. The van der Waals surface area contributed by atoms with E-state index in [0.717, 1.165) is 5.56 Å². The van der Waals surface area contributed by atoms with E-state index in [0.29, 0.717) is 17.7 Å². The van der Waals surface area contributed by atoms with Crippen LogP contribution in [0.1, 0.15) is 92.3 Å². The Morgan fingerprint density at radius 1 is 1.00 bits per heavy atom. The highest BCUT2D eigenvalue weighted by Gasteiger charge is 2.73. The fourth-order valence-electron chi connectivity index (χ4n) is 10.3. The zero-order valence-electron chi connectivity index (χ0n) is 32.9. The van der Waals surface area contributed by atoms with Crippen LogP contribution in [-0.4, -0.2) is 81.5 Å². The van der Waals surface area contributed by atoms with Gasteiger partial charge in [-0.05, 0) is 68.7 Å². The maximum atomic E-state index is 14.7. The third-order valence-electron chi connectivity index (χ3n) is 13.2. The first-order valence-electron chi connectivity index (χ1n) is 19.0. The molecule has 11 nitrogen and oxygen atoms in total. The van der Waals surface area contributed by atoms with Gasteiger partial charge in [0.2, 0.25) is 0 Å². The summed E-state index contributed by atoms with van der Waals surface area (Å²) in [5.41, 5.74) is -3.45. The summed E-state index contributed by atoms with van der Waals surface area (Å²) < 4.78 is 24.2. The molecule has 0 aromatic heterocycles. The molecular weight excluding hydrogens is 690 g/mol. The Kier molecular flexibility index (Phi) is 10.5. The predicted molar refractivity (Wildman–Crippen MR) is 200 cm³/mol. The lowest BCUT2D eigenvalue weighted by molar-refractivity contribution is -0.302. The number of ether oxygens (including phenoxy) is 4. The van der Waals surface area contributed by atoms with Crippen molar-refractivity contribution in [2.24, 2.45) is 28.1 Å². The lowest BCUT2D eigenvalue weighted by Crippen LogP contribution is -2.75. The highest BCUT2D eigenvalue weighted by atomic mass is 16.6. The van der Waals surface area contributed by atoms with Gasteiger partial charge in [-0.25, -0.2) is 9.59 Å². The number of aliphatic hydroxyl groups excluding tert-OH is 2. The molecular formula is C43H57NO10. The van der Waals surface area contributed by atoms with Gasteiger partial charge in [-0.1, -0.05) is 88.4 Å². The second-order valence-electron chi connectivity index (χ2n) is 17.9. The van der Waals surface area contributed by atoms with E-state index in [-0.39, 0.29) is 31.1 Å². The fraction of sp³-hybridized carbons (Fsp3) is 0.605. The van der Waals surface area contributed by atoms with Gasteiger partial charge < -0.3 is 39.6 Å². The van der Waals surface area contributed by atoms with Gasteiger partial charge in [0.15, 0.2) is 11.9 Å². The van der Waals surface area contributed by atoms with Gasteiger partial charge in [0.25, 0.3) is 0 Å². The molecule has 3 aliphatic carbocycles. The molecule has 1 saturated heterocycles. The summed E-state index contributed by atoms with van der Waals surface area (Å²) in [5.74, 6) is -2.52. The monoisotopic (exact) mass is 747 g/mol. The summed E-state index contributed by atoms with van der Waals surface area (Å²) >= 11 is 0. The van der Waals surface area contributed by atoms with Crippen molar-refractivity contribution in [3.05, 3.63) is 82.9 Å². The van der Waals surface area contributed by atoms with E-state index in [1.807, 2.05) is 64.1 Å². The predicted octanol–water partition coefficient (Wildman–Crippen LogP) is 5.60. The van der Waals surface area contributed by atoms with Gasteiger partial charge in [0.1, 0.15) is 17.8 Å². The molecule has 2 aromatic carbocycles.